The molecule has 1 rings (SSSR count). The smallest absolute Gasteiger partial charge is 0.184 e. The number of nitrogens with zero attached hydrogens (tertiary/aromatic N) is 1. The molecule has 0 aliphatic heterocycles. The summed E-state index contributed by atoms with van der Waals surface area (Å²) >= 11 is 1.45. The first-order valence-corrected chi connectivity index (χ1v) is 5.66. The molecule has 0 atom stereocenters. The van der Waals surface area contributed by atoms with Crippen molar-refractivity contribution in [2.24, 2.45) is 0 Å². The zero-order valence-electron chi connectivity index (χ0n) is 8.86. The molecule has 0 unspecified atom stereocenters. The summed E-state index contributed by atoms with van der Waals surface area (Å²) < 4.78 is 10.2. The molecular formula is C9H17N3O2S. The van der Waals surface area contributed by atoms with Gasteiger partial charge in [-0.05, 0) is 6.42 Å². The minimum Gasteiger partial charge on any atom is -0.389 e. The maximum atomic E-state index is 5.54. The summed E-state index contributed by atoms with van der Waals surface area (Å²) in [7, 11) is 1.66. The summed E-state index contributed by atoms with van der Waals surface area (Å²) in [5, 5.41) is 4.77. The van der Waals surface area contributed by atoms with Gasteiger partial charge in [-0.2, -0.15) is 0 Å². The number of methoxy groups -OCH3 is 1. The van der Waals surface area contributed by atoms with Crippen LogP contribution in [0.4, 0.5) is 10.1 Å². The number of rotatable bonds is 8. The highest BCUT2D eigenvalue weighted by atomic mass is 32.1. The molecule has 3 N–H and O–H groups in total. The van der Waals surface area contributed by atoms with E-state index in [0.29, 0.717) is 13.2 Å². The summed E-state index contributed by atoms with van der Waals surface area (Å²) in [5.74, 6) is 0. The highest BCUT2D eigenvalue weighted by molar-refractivity contribution is 7.19. The van der Waals surface area contributed by atoms with Crippen molar-refractivity contribution in [3.05, 3.63) is 6.20 Å². The van der Waals surface area contributed by atoms with Gasteiger partial charge >= 0.3 is 0 Å². The van der Waals surface area contributed by atoms with E-state index in [2.05, 4.69) is 10.3 Å². The molecule has 86 valence electrons. The molecule has 1 aromatic rings. The highest BCUT2D eigenvalue weighted by Gasteiger charge is 1.96. The Labute approximate surface area is 93.6 Å². The molecule has 0 spiro atoms. The van der Waals surface area contributed by atoms with Crippen molar-refractivity contribution >= 4 is 21.5 Å². The zero-order chi connectivity index (χ0) is 10.9. The molecule has 6 heteroatoms. The van der Waals surface area contributed by atoms with E-state index in [-0.39, 0.29) is 0 Å². The molecule has 0 aliphatic rings. The van der Waals surface area contributed by atoms with Gasteiger partial charge in [0.15, 0.2) is 5.13 Å². The predicted octanol–water partition coefficient (Wildman–Crippen LogP) is 1.19. The SMILES string of the molecule is COCCOCCCNc1ncc(N)s1. The Kier molecular flexibility index (Phi) is 6.06. The van der Waals surface area contributed by atoms with E-state index < -0.39 is 0 Å². The third-order valence-electron chi connectivity index (χ3n) is 1.70. The lowest BCUT2D eigenvalue weighted by Gasteiger charge is -2.04. The molecule has 1 heterocycles. The number of aromatic nitrogens is 1. The zero-order valence-corrected chi connectivity index (χ0v) is 9.68. The first kappa shape index (κ1) is 12.2. The quantitative estimate of drug-likeness (QED) is 0.658. The van der Waals surface area contributed by atoms with E-state index >= 15 is 0 Å². The first-order valence-electron chi connectivity index (χ1n) is 4.85. The summed E-state index contributed by atoms with van der Waals surface area (Å²) in [6.07, 6.45) is 2.60. The average molecular weight is 231 g/mol. The second-order valence-electron chi connectivity index (χ2n) is 2.95. The Bertz CT molecular complexity index is 268. The number of hydrogen-bond donors (Lipinski definition) is 2. The number of hydrogen-bond acceptors (Lipinski definition) is 6. The van der Waals surface area contributed by atoms with Crippen LogP contribution in [0.15, 0.2) is 6.20 Å². The first-order chi connectivity index (χ1) is 7.33. The van der Waals surface area contributed by atoms with Gasteiger partial charge in [-0.15, -0.1) is 0 Å². The lowest BCUT2D eigenvalue weighted by molar-refractivity contribution is 0.0705. The van der Waals surface area contributed by atoms with Crippen LogP contribution in [0.3, 0.4) is 0 Å². The minimum atomic E-state index is 0.649. The van der Waals surface area contributed by atoms with Gasteiger partial charge < -0.3 is 20.5 Å². The van der Waals surface area contributed by atoms with Gasteiger partial charge in [-0.25, -0.2) is 4.98 Å². The number of nitrogens with two attached hydrogens (primary N) is 1. The van der Waals surface area contributed by atoms with Crippen molar-refractivity contribution < 1.29 is 9.47 Å². The fraction of sp³-hybridized carbons (Fsp3) is 0.667. The van der Waals surface area contributed by atoms with Gasteiger partial charge in [-0.3, -0.25) is 0 Å². The minimum absolute atomic E-state index is 0.649. The third kappa shape index (κ3) is 5.56. The van der Waals surface area contributed by atoms with E-state index in [1.165, 1.54) is 11.3 Å². The highest BCUT2D eigenvalue weighted by Crippen LogP contribution is 2.18. The van der Waals surface area contributed by atoms with Crippen molar-refractivity contribution in [3.8, 4) is 0 Å². The van der Waals surface area contributed by atoms with Crippen LogP contribution in [0.25, 0.3) is 0 Å². The Morgan fingerprint density at radius 3 is 3.00 bits per heavy atom. The normalized spacial score (nSPS) is 10.5. The number of ether oxygens (including phenoxy) is 2. The summed E-state index contributed by atoms with van der Waals surface area (Å²) in [5.41, 5.74) is 5.54. The fourth-order valence-electron chi connectivity index (χ4n) is 0.982. The molecule has 0 saturated heterocycles. The van der Waals surface area contributed by atoms with Crippen LogP contribution in [0.5, 0.6) is 0 Å². The van der Waals surface area contributed by atoms with Crippen LogP contribution in [0.2, 0.25) is 0 Å². The number of nitrogens with one attached hydrogen (secondary N) is 1. The Morgan fingerprint density at radius 1 is 1.47 bits per heavy atom. The van der Waals surface area contributed by atoms with E-state index in [9.17, 15) is 0 Å². The van der Waals surface area contributed by atoms with E-state index in [0.717, 1.165) is 29.7 Å². The van der Waals surface area contributed by atoms with Gasteiger partial charge in [0, 0.05) is 20.3 Å². The topological polar surface area (TPSA) is 69.4 Å². The lowest BCUT2D eigenvalue weighted by atomic mass is 10.4. The molecular weight excluding hydrogens is 214 g/mol. The molecule has 0 saturated carbocycles. The lowest BCUT2D eigenvalue weighted by Crippen LogP contribution is -2.08. The van der Waals surface area contributed by atoms with Crippen molar-refractivity contribution in [2.75, 3.05) is 44.5 Å². The van der Waals surface area contributed by atoms with E-state index in [4.69, 9.17) is 15.2 Å². The maximum Gasteiger partial charge on any atom is 0.184 e. The molecule has 0 amide bonds. The monoisotopic (exact) mass is 231 g/mol. The molecule has 5 nitrogen and oxygen atoms in total. The second kappa shape index (κ2) is 7.44. The second-order valence-corrected chi connectivity index (χ2v) is 4.02. The molecule has 0 fully saturated rings. The van der Waals surface area contributed by atoms with Crippen LogP contribution >= 0.6 is 11.3 Å². The van der Waals surface area contributed by atoms with Crippen LogP contribution < -0.4 is 11.1 Å². The number of thiazole rings is 1. The van der Waals surface area contributed by atoms with Gasteiger partial charge in [0.25, 0.3) is 0 Å². The van der Waals surface area contributed by atoms with E-state index in [1.807, 2.05) is 0 Å². The van der Waals surface area contributed by atoms with Gasteiger partial charge in [0.05, 0.1) is 19.4 Å². The Balaban J connectivity index is 1.93. The van der Waals surface area contributed by atoms with Crippen LogP contribution in [0.1, 0.15) is 6.42 Å². The molecule has 0 aromatic carbocycles. The Hall–Kier alpha value is -0.850. The standard InChI is InChI=1S/C9H17N3O2S/c1-13-5-6-14-4-2-3-11-9-12-7-8(10)15-9/h7H,2-6,10H2,1H3,(H,11,12). The van der Waals surface area contributed by atoms with Crippen molar-refractivity contribution in [2.45, 2.75) is 6.42 Å². The van der Waals surface area contributed by atoms with E-state index in [1.54, 1.807) is 13.3 Å². The summed E-state index contributed by atoms with van der Waals surface area (Å²) in [6.45, 7) is 2.88. The van der Waals surface area contributed by atoms with Crippen LogP contribution in [-0.2, 0) is 9.47 Å². The fourth-order valence-corrected chi connectivity index (χ4v) is 1.59. The van der Waals surface area contributed by atoms with Crippen molar-refractivity contribution in [1.29, 1.82) is 0 Å². The van der Waals surface area contributed by atoms with Crippen LogP contribution in [0, 0.1) is 0 Å². The molecule has 15 heavy (non-hydrogen) atoms. The molecule has 0 bridgehead atoms. The summed E-state index contributed by atoms with van der Waals surface area (Å²) in [4.78, 5) is 4.08. The number of anilines is 2. The average Bonchev–Trinajstić information content (AvgIpc) is 2.63. The largest absolute Gasteiger partial charge is 0.389 e. The van der Waals surface area contributed by atoms with Gasteiger partial charge in [0.2, 0.25) is 0 Å². The van der Waals surface area contributed by atoms with Gasteiger partial charge in [0.1, 0.15) is 5.00 Å². The third-order valence-corrected chi connectivity index (χ3v) is 2.48. The molecule has 1 aromatic heterocycles. The number of nitrogen functional groups attached to an aromatic ring is 1. The Morgan fingerprint density at radius 2 is 2.33 bits per heavy atom. The summed E-state index contributed by atoms with van der Waals surface area (Å²) in [6, 6.07) is 0. The van der Waals surface area contributed by atoms with Crippen molar-refractivity contribution in [3.63, 3.8) is 0 Å². The maximum absolute atomic E-state index is 5.54. The van der Waals surface area contributed by atoms with Crippen molar-refractivity contribution in [1.82, 2.24) is 4.98 Å². The van der Waals surface area contributed by atoms with Gasteiger partial charge in [-0.1, -0.05) is 11.3 Å². The molecule has 0 radical (unpaired) electrons. The predicted molar refractivity (Wildman–Crippen MR) is 62.3 cm³/mol. The van der Waals surface area contributed by atoms with Crippen LogP contribution in [-0.4, -0.2) is 38.5 Å². The molecule has 0 aliphatic carbocycles.